The van der Waals surface area contributed by atoms with Gasteiger partial charge >= 0.3 is 0 Å². The van der Waals surface area contributed by atoms with Gasteiger partial charge in [-0.25, -0.2) is 9.97 Å². The lowest BCUT2D eigenvalue weighted by Gasteiger charge is -2.16. The zero-order chi connectivity index (χ0) is 25.7. The molecule has 0 aliphatic carbocycles. The number of benzene rings is 3. The summed E-state index contributed by atoms with van der Waals surface area (Å²) < 4.78 is 8.67. The Morgan fingerprint density at radius 2 is 1.75 bits per heavy atom. The average molecular weight is 523 g/mol. The molecule has 36 heavy (non-hydrogen) atoms. The summed E-state index contributed by atoms with van der Waals surface area (Å²) in [5, 5.41) is 6.76. The summed E-state index contributed by atoms with van der Waals surface area (Å²) in [6, 6.07) is 18.8. The Labute approximate surface area is 219 Å². The molecule has 0 fully saturated rings. The van der Waals surface area contributed by atoms with E-state index in [4.69, 9.17) is 26.3 Å². The number of carbonyl (C=O) groups excluding carboxylic acids is 1. The van der Waals surface area contributed by atoms with Crippen molar-refractivity contribution in [3.63, 3.8) is 0 Å². The predicted octanol–water partition coefficient (Wildman–Crippen LogP) is 5.96. The van der Waals surface area contributed by atoms with Gasteiger partial charge in [0.05, 0.1) is 35.4 Å². The molecular weight excluding hydrogens is 496 g/mol. The van der Waals surface area contributed by atoms with Crippen LogP contribution in [0.15, 0.2) is 65.6 Å². The Morgan fingerprint density at radius 1 is 1.03 bits per heavy atom. The number of methoxy groups -OCH3 is 1. The number of anilines is 4. The van der Waals surface area contributed by atoms with Crippen LogP contribution in [0.1, 0.15) is 5.56 Å². The Hall–Kier alpha value is -3.53. The number of para-hydroxylation sites is 2. The molecule has 0 atom stereocenters. The molecule has 1 amide bonds. The zero-order valence-electron chi connectivity index (χ0n) is 20.4. The van der Waals surface area contributed by atoms with Crippen LogP contribution in [-0.4, -0.2) is 48.5 Å². The van der Waals surface area contributed by atoms with Crippen LogP contribution in [0.5, 0.6) is 5.75 Å². The maximum atomic E-state index is 12.2. The van der Waals surface area contributed by atoms with E-state index in [0.29, 0.717) is 34.6 Å². The van der Waals surface area contributed by atoms with Crippen molar-refractivity contribution in [1.82, 2.24) is 14.9 Å². The molecule has 10 heteroatoms. The van der Waals surface area contributed by atoms with Gasteiger partial charge in [-0.3, -0.25) is 4.79 Å². The lowest BCUT2D eigenvalue weighted by atomic mass is 10.2. The van der Waals surface area contributed by atoms with Crippen molar-refractivity contribution >= 4 is 63.5 Å². The standard InChI is InChI=1S/C26H27ClN6O2S/c1-16-9-10-17(28-24(34)15-33(2)3)13-23(16)36-32-26-25(29-20-7-5-6-8-21(20)30-26)31-22-14-18(35-4)11-12-19(22)27/h5-14H,15H2,1-4H3,(H,28,34)(H,29,31)(H,30,32). The number of nitrogens with one attached hydrogen (secondary N) is 3. The number of amides is 1. The number of hydrogen-bond acceptors (Lipinski definition) is 8. The molecule has 8 nitrogen and oxygen atoms in total. The van der Waals surface area contributed by atoms with Crippen LogP contribution in [0.2, 0.25) is 5.02 Å². The molecular formula is C26H27ClN6O2S. The number of nitrogens with zero attached hydrogens (tertiary/aromatic N) is 3. The smallest absolute Gasteiger partial charge is 0.238 e. The van der Waals surface area contributed by atoms with Crippen molar-refractivity contribution in [2.24, 2.45) is 0 Å². The van der Waals surface area contributed by atoms with Crippen molar-refractivity contribution in [2.45, 2.75) is 11.8 Å². The molecule has 1 heterocycles. The number of fused-ring (bicyclic) bond motifs is 1. The van der Waals surface area contributed by atoms with Crippen LogP contribution in [0, 0.1) is 6.92 Å². The molecule has 0 aliphatic rings. The van der Waals surface area contributed by atoms with Gasteiger partial charge in [0.2, 0.25) is 5.91 Å². The molecule has 3 aromatic carbocycles. The van der Waals surface area contributed by atoms with Crippen molar-refractivity contribution in [3.8, 4) is 5.75 Å². The molecule has 1 aromatic heterocycles. The van der Waals surface area contributed by atoms with Crippen molar-refractivity contribution in [1.29, 1.82) is 0 Å². The summed E-state index contributed by atoms with van der Waals surface area (Å²) in [6.45, 7) is 2.32. The molecule has 4 rings (SSSR count). The van der Waals surface area contributed by atoms with Gasteiger partial charge in [0.15, 0.2) is 11.6 Å². The summed E-state index contributed by atoms with van der Waals surface area (Å²) >= 11 is 7.82. The highest BCUT2D eigenvalue weighted by molar-refractivity contribution is 8.00. The van der Waals surface area contributed by atoms with Gasteiger partial charge in [-0.2, -0.15) is 0 Å². The highest BCUT2D eigenvalue weighted by Gasteiger charge is 2.13. The molecule has 0 saturated heterocycles. The Kier molecular flexibility index (Phi) is 8.14. The highest BCUT2D eigenvalue weighted by Crippen LogP contribution is 2.34. The quantitative estimate of drug-likeness (QED) is 0.232. The molecule has 4 aromatic rings. The number of rotatable bonds is 9. The average Bonchev–Trinajstić information content (AvgIpc) is 2.85. The van der Waals surface area contributed by atoms with Gasteiger partial charge in [-0.1, -0.05) is 29.8 Å². The second-order valence-electron chi connectivity index (χ2n) is 8.35. The topological polar surface area (TPSA) is 91.4 Å². The van der Waals surface area contributed by atoms with Crippen LogP contribution in [0.4, 0.5) is 23.0 Å². The fourth-order valence-electron chi connectivity index (χ4n) is 3.39. The maximum absolute atomic E-state index is 12.2. The van der Waals surface area contributed by atoms with Crippen LogP contribution >= 0.6 is 23.5 Å². The summed E-state index contributed by atoms with van der Waals surface area (Å²) in [7, 11) is 5.32. The van der Waals surface area contributed by atoms with E-state index in [-0.39, 0.29) is 5.91 Å². The number of ether oxygens (including phenoxy) is 1. The third-order valence-electron chi connectivity index (χ3n) is 5.19. The number of hydrogen-bond donors (Lipinski definition) is 3. The number of likely N-dealkylation sites (N-methyl/N-ethyl adjacent to an activating group) is 1. The summed E-state index contributed by atoms with van der Waals surface area (Å²) in [6.07, 6.45) is 0. The molecule has 0 bridgehead atoms. The first kappa shape index (κ1) is 25.6. The first-order chi connectivity index (χ1) is 17.3. The number of aromatic nitrogens is 2. The molecule has 0 spiro atoms. The number of halogens is 1. The monoisotopic (exact) mass is 522 g/mol. The fraction of sp³-hybridized carbons (Fsp3) is 0.192. The number of aryl methyl sites for hydroxylation is 1. The first-order valence-electron chi connectivity index (χ1n) is 11.2. The van der Waals surface area contributed by atoms with Crippen LogP contribution in [0.3, 0.4) is 0 Å². The van der Waals surface area contributed by atoms with E-state index in [1.54, 1.807) is 25.3 Å². The lowest BCUT2D eigenvalue weighted by molar-refractivity contribution is -0.116. The molecule has 186 valence electrons. The minimum Gasteiger partial charge on any atom is -0.497 e. The van der Waals surface area contributed by atoms with E-state index in [1.807, 2.05) is 68.4 Å². The summed E-state index contributed by atoms with van der Waals surface area (Å²) in [5.41, 5.74) is 3.93. The normalized spacial score (nSPS) is 10.9. The SMILES string of the molecule is COc1ccc(Cl)c(Nc2nc3ccccc3nc2NSc2cc(NC(=O)CN(C)C)ccc2C)c1. The van der Waals surface area contributed by atoms with Gasteiger partial charge in [0.1, 0.15) is 5.75 Å². The Morgan fingerprint density at radius 3 is 2.44 bits per heavy atom. The second-order valence-corrected chi connectivity index (χ2v) is 9.61. The van der Waals surface area contributed by atoms with Gasteiger partial charge in [-0.15, -0.1) is 0 Å². The highest BCUT2D eigenvalue weighted by atomic mass is 35.5. The second kappa shape index (κ2) is 11.5. The van der Waals surface area contributed by atoms with Crippen LogP contribution in [-0.2, 0) is 4.79 Å². The first-order valence-corrected chi connectivity index (χ1v) is 12.4. The molecule has 0 saturated carbocycles. The Bertz CT molecular complexity index is 1400. The van der Waals surface area contributed by atoms with Crippen LogP contribution in [0.25, 0.3) is 11.0 Å². The largest absolute Gasteiger partial charge is 0.497 e. The van der Waals surface area contributed by atoms with Crippen LogP contribution < -0.4 is 20.1 Å². The van der Waals surface area contributed by atoms with E-state index in [1.165, 1.54) is 11.9 Å². The van der Waals surface area contributed by atoms with Gasteiger partial charge < -0.3 is 25.0 Å². The van der Waals surface area contributed by atoms with Crippen molar-refractivity contribution < 1.29 is 9.53 Å². The number of carbonyl (C=O) groups is 1. The minimum absolute atomic E-state index is 0.0742. The maximum Gasteiger partial charge on any atom is 0.238 e. The molecule has 0 unspecified atom stereocenters. The third kappa shape index (κ3) is 6.37. The van der Waals surface area contributed by atoms with Crippen molar-refractivity contribution in [3.05, 3.63) is 71.2 Å². The lowest BCUT2D eigenvalue weighted by Crippen LogP contribution is -2.27. The molecule has 0 aliphatic heterocycles. The van der Waals surface area contributed by atoms with E-state index in [9.17, 15) is 4.79 Å². The fourth-order valence-corrected chi connectivity index (χ4v) is 4.32. The van der Waals surface area contributed by atoms with Gasteiger partial charge in [0, 0.05) is 16.6 Å². The molecule has 0 radical (unpaired) electrons. The van der Waals surface area contributed by atoms with E-state index in [0.717, 1.165) is 27.2 Å². The zero-order valence-corrected chi connectivity index (χ0v) is 22.0. The van der Waals surface area contributed by atoms with Gasteiger partial charge in [-0.05, 0) is 74.9 Å². The minimum atomic E-state index is -0.0742. The third-order valence-corrected chi connectivity index (χ3v) is 6.47. The van der Waals surface area contributed by atoms with Crippen molar-refractivity contribution in [2.75, 3.05) is 43.1 Å². The molecule has 3 N–H and O–H groups in total. The van der Waals surface area contributed by atoms with E-state index < -0.39 is 0 Å². The Balaban J connectivity index is 1.62. The van der Waals surface area contributed by atoms with E-state index >= 15 is 0 Å². The summed E-state index contributed by atoms with van der Waals surface area (Å²) in [4.78, 5) is 24.5. The predicted molar refractivity (Wildman–Crippen MR) is 149 cm³/mol. The summed E-state index contributed by atoms with van der Waals surface area (Å²) in [5.74, 6) is 1.65. The van der Waals surface area contributed by atoms with E-state index in [2.05, 4.69) is 15.4 Å². The van der Waals surface area contributed by atoms with Gasteiger partial charge in [0.25, 0.3) is 0 Å².